The van der Waals surface area contributed by atoms with Crippen molar-refractivity contribution in [1.29, 1.82) is 0 Å². The Hall–Kier alpha value is -2.60. The van der Waals surface area contributed by atoms with E-state index in [0.717, 1.165) is 29.8 Å². The minimum Gasteiger partial charge on any atom is -0.493 e. The average molecular weight is 377 g/mol. The lowest BCUT2D eigenvalue weighted by Crippen LogP contribution is -2.35. The fourth-order valence-electron chi connectivity index (χ4n) is 3.42. The van der Waals surface area contributed by atoms with Crippen LogP contribution in [0.25, 0.3) is 0 Å². The third kappa shape index (κ3) is 3.01. The summed E-state index contributed by atoms with van der Waals surface area (Å²) in [5.74, 6) is 1.50. The summed E-state index contributed by atoms with van der Waals surface area (Å²) in [5, 5.41) is 0. The number of ether oxygens (including phenoxy) is 3. The maximum Gasteiger partial charge on any atom is 0.258 e. The van der Waals surface area contributed by atoms with Gasteiger partial charge in [0.2, 0.25) is 5.75 Å². The number of carbonyl (C=O) groups is 1. The average Bonchev–Trinajstić information content (AvgIpc) is 2.66. The molecule has 7 heteroatoms. The van der Waals surface area contributed by atoms with Crippen LogP contribution in [0.5, 0.6) is 17.2 Å². The largest absolute Gasteiger partial charge is 0.493 e. The molecule has 0 spiro atoms. The zero-order valence-corrected chi connectivity index (χ0v) is 15.3. The summed E-state index contributed by atoms with van der Waals surface area (Å²) in [4.78, 5) is 14.9. The molecule has 2 aromatic carbocycles. The summed E-state index contributed by atoms with van der Waals surface area (Å²) in [5.41, 5.74) is 9.24. The summed E-state index contributed by atoms with van der Waals surface area (Å²) < 4.78 is 16.6. The first-order valence-corrected chi connectivity index (χ1v) is 8.36. The molecular weight excluding hydrogens is 356 g/mol. The molecule has 0 unspecified atom stereocenters. The molecule has 26 heavy (non-hydrogen) atoms. The van der Waals surface area contributed by atoms with E-state index in [1.807, 2.05) is 18.2 Å². The van der Waals surface area contributed by atoms with Crippen molar-refractivity contribution in [2.75, 3.05) is 37.5 Å². The molecule has 4 rings (SSSR count). The van der Waals surface area contributed by atoms with E-state index in [2.05, 4.69) is 0 Å². The van der Waals surface area contributed by atoms with Gasteiger partial charge in [-0.2, -0.15) is 0 Å². The quantitative estimate of drug-likeness (QED) is 0.815. The minimum atomic E-state index is -0.0955. The van der Waals surface area contributed by atoms with Crippen LogP contribution in [-0.4, -0.2) is 32.8 Å². The van der Waals surface area contributed by atoms with Crippen LogP contribution in [-0.2, 0) is 6.42 Å². The zero-order chi connectivity index (χ0) is 17.4. The third-order valence-electron chi connectivity index (χ3n) is 4.61. The second-order valence-electron chi connectivity index (χ2n) is 6.11. The number of hydrogen-bond acceptors (Lipinski definition) is 5. The van der Waals surface area contributed by atoms with Gasteiger partial charge in [-0.15, -0.1) is 12.4 Å². The van der Waals surface area contributed by atoms with Crippen LogP contribution in [0.1, 0.15) is 22.3 Å². The van der Waals surface area contributed by atoms with E-state index in [4.69, 9.17) is 19.9 Å². The molecule has 0 radical (unpaired) electrons. The first kappa shape index (κ1) is 18.2. The van der Waals surface area contributed by atoms with Crippen molar-refractivity contribution in [2.24, 2.45) is 0 Å². The lowest BCUT2D eigenvalue weighted by molar-refractivity contribution is 0.0983. The first-order chi connectivity index (χ1) is 12.2. The fourth-order valence-corrected chi connectivity index (χ4v) is 3.42. The van der Waals surface area contributed by atoms with Gasteiger partial charge in [0.1, 0.15) is 13.2 Å². The molecule has 0 saturated carbocycles. The van der Waals surface area contributed by atoms with Gasteiger partial charge < -0.3 is 24.8 Å². The van der Waals surface area contributed by atoms with Gasteiger partial charge in [-0.3, -0.25) is 4.79 Å². The van der Waals surface area contributed by atoms with Crippen LogP contribution in [0.3, 0.4) is 0 Å². The summed E-state index contributed by atoms with van der Waals surface area (Å²) in [7, 11) is 1.55. The second kappa shape index (κ2) is 7.33. The number of hydrogen-bond donors (Lipinski definition) is 1. The van der Waals surface area contributed by atoms with Crippen LogP contribution in [0.4, 0.5) is 11.4 Å². The molecule has 0 aliphatic carbocycles. The highest BCUT2D eigenvalue weighted by Crippen LogP contribution is 2.41. The van der Waals surface area contributed by atoms with Crippen molar-refractivity contribution in [3.63, 3.8) is 0 Å². The lowest BCUT2D eigenvalue weighted by atomic mass is 9.99. The molecule has 6 nitrogen and oxygen atoms in total. The molecule has 2 N–H and O–H groups in total. The highest BCUT2D eigenvalue weighted by molar-refractivity contribution is 6.07. The van der Waals surface area contributed by atoms with Crippen molar-refractivity contribution >= 4 is 29.7 Å². The van der Waals surface area contributed by atoms with Crippen molar-refractivity contribution in [2.45, 2.75) is 12.8 Å². The normalized spacial score (nSPS) is 14.9. The highest BCUT2D eigenvalue weighted by atomic mass is 35.5. The standard InChI is InChI=1S/C19H20N2O4.ClH/c1-23-16-10-12(11-17-18(16)25-9-8-24-17)19(22)21-7-3-4-13-14(20)5-2-6-15(13)21;/h2,5-6,10-11H,3-4,7-9,20H2,1H3;1H. The molecule has 0 bridgehead atoms. The molecule has 0 fully saturated rings. The Bertz CT molecular complexity index is 823. The molecule has 138 valence electrons. The predicted octanol–water partition coefficient (Wildman–Crippen LogP) is 3.06. The Labute approximate surface area is 158 Å². The van der Waals surface area contributed by atoms with Gasteiger partial charge >= 0.3 is 0 Å². The molecule has 0 saturated heterocycles. The van der Waals surface area contributed by atoms with Crippen molar-refractivity contribution in [3.8, 4) is 17.2 Å². The number of benzene rings is 2. The van der Waals surface area contributed by atoms with Gasteiger partial charge in [0.05, 0.1) is 7.11 Å². The van der Waals surface area contributed by atoms with Gasteiger partial charge in [-0.1, -0.05) is 6.07 Å². The molecule has 2 aromatic rings. The van der Waals surface area contributed by atoms with E-state index in [-0.39, 0.29) is 18.3 Å². The van der Waals surface area contributed by atoms with Crippen molar-refractivity contribution < 1.29 is 19.0 Å². The summed E-state index contributed by atoms with van der Waals surface area (Å²) in [6.45, 7) is 1.58. The Morgan fingerprint density at radius 2 is 2.04 bits per heavy atom. The van der Waals surface area contributed by atoms with Crippen LogP contribution in [0.15, 0.2) is 30.3 Å². The zero-order valence-electron chi connectivity index (χ0n) is 14.5. The van der Waals surface area contributed by atoms with E-state index in [0.29, 0.717) is 42.6 Å². The lowest BCUT2D eigenvalue weighted by Gasteiger charge is -2.31. The number of nitrogens with two attached hydrogens (primary N) is 1. The van der Waals surface area contributed by atoms with E-state index in [9.17, 15) is 4.79 Å². The summed E-state index contributed by atoms with van der Waals surface area (Å²) >= 11 is 0. The van der Waals surface area contributed by atoms with Crippen LogP contribution < -0.4 is 24.8 Å². The summed E-state index contributed by atoms with van der Waals surface area (Å²) in [6.07, 6.45) is 1.77. The molecule has 2 aliphatic heterocycles. The number of halogens is 1. The third-order valence-corrected chi connectivity index (χ3v) is 4.61. The Balaban J connectivity index is 0.00000196. The van der Waals surface area contributed by atoms with Crippen LogP contribution in [0, 0.1) is 0 Å². The number of rotatable bonds is 2. The van der Waals surface area contributed by atoms with Crippen molar-refractivity contribution in [1.82, 2.24) is 0 Å². The van der Waals surface area contributed by atoms with E-state index < -0.39 is 0 Å². The Morgan fingerprint density at radius 3 is 2.85 bits per heavy atom. The van der Waals surface area contributed by atoms with E-state index in [1.165, 1.54) is 0 Å². The van der Waals surface area contributed by atoms with E-state index in [1.54, 1.807) is 24.1 Å². The van der Waals surface area contributed by atoms with Gasteiger partial charge in [0.15, 0.2) is 11.5 Å². The topological polar surface area (TPSA) is 74.0 Å². The Morgan fingerprint density at radius 1 is 1.23 bits per heavy atom. The monoisotopic (exact) mass is 376 g/mol. The maximum absolute atomic E-state index is 13.2. The maximum atomic E-state index is 13.2. The van der Waals surface area contributed by atoms with Gasteiger partial charge in [0.25, 0.3) is 5.91 Å². The van der Waals surface area contributed by atoms with Crippen LogP contribution >= 0.6 is 12.4 Å². The SMILES string of the molecule is COc1cc(C(=O)N2CCCc3c(N)cccc32)cc2c1OCCO2.Cl. The molecule has 0 atom stereocenters. The van der Waals surface area contributed by atoms with Gasteiger partial charge in [-0.05, 0) is 42.7 Å². The number of methoxy groups -OCH3 is 1. The molecule has 2 heterocycles. The van der Waals surface area contributed by atoms with Crippen LogP contribution in [0.2, 0.25) is 0 Å². The van der Waals surface area contributed by atoms with Gasteiger partial charge in [-0.25, -0.2) is 0 Å². The number of anilines is 2. The number of nitrogens with zero attached hydrogens (tertiary/aromatic N) is 1. The predicted molar refractivity (Wildman–Crippen MR) is 102 cm³/mol. The number of fused-ring (bicyclic) bond motifs is 2. The number of amides is 1. The minimum absolute atomic E-state index is 0. The first-order valence-electron chi connectivity index (χ1n) is 8.36. The second-order valence-corrected chi connectivity index (χ2v) is 6.11. The molecule has 0 aromatic heterocycles. The fraction of sp³-hybridized carbons (Fsp3) is 0.316. The molecular formula is C19H21ClN2O4. The van der Waals surface area contributed by atoms with Crippen molar-refractivity contribution in [3.05, 3.63) is 41.5 Å². The van der Waals surface area contributed by atoms with E-state index >= 15 is 0 Å². The highest BCUT2D eigenvalue weighted by Gasteiger charge is 2.27. The number of nitrogen functional groups attached to an aromatic ring is 1. The smallest absolute Gasteiger partial charge is 0.258 e. The molecule has 2 aliphatic rings. The number of carbonyl (C=O) groups excluding carboxylic acids is 1. The summed E-state index contributed by atoms with van der Waals surface area (Å²) in [6, 6.07) is 9.12. The van der Waals surface area contributed by atoms with Gasteiger partial charge in [0, 0.05) is 23.5 Å². The Kier molecular flexibility index (Phi) is 5.13. The molecule has 1 amide bonds.